The summed E-state index contributed by atoms with van der Waals surface area (Å²) in [7, 11) is 2.15. The molecule has 0 aromatic heterocycles. The molecule has 6 heteroatoms. The quantitative estimate of drug-likeness (QED) is 0.770. The molecule has 0 radical (unpaired) electrons. The van der Waals surface area contributed by atoms with Crippen molar-refractivity contribution in [3.8, 4) is 5.75 Å². The highest BCUT2D eigenvalue weighted by atomic mass is 16.5. The zero-order valence-electron chi connectivity index (χ0n) is 16.9. The predicted octanol–water partition coefficient (Wildman–Crippen LogP) is 3.28. The van der Waals surface area contributed by atoms with Gasteiger partial charge >= 0.3 is 0 Å². The van der Waals surface area contributed by atoms with Gasteiger partial charge in [0.05, 0.1) is 12.6 Å². The summed E-state index contributed by atoms with van der Waals surface area (Å²) in [6.45, 7) is 8.43. The Kier molecular flexibility index (Phi) is 6.76. The van der Waals surface area contributed by atoms with Crippen LogP contribution in [-0.2, 0) is 4.79 Å². The molecule has 0 atom stereocenters. The highest BCUT2D eigenvalue weighted by Gasteiger charge is 2.14. The van der Waals surface area contributed by atoms with Crippen LogP contribution in [0.3, 0.4) is 0 Å². The van der Waals surface area contributed by atoms with E-state index < -0.39 is 0 Å². The number of amides is 1. The van der Waals surface area contributed by atoms with E-state index in [2.05, 4.69) is 39.6 Å². The SMILES string of the molecule is CC(C)Oc1ccc(NCC(=O)Nc2ccc(N3CCN(C)CC3)cc2)cc1. The normalized spacial score (nSPS) is 14.8. The van der Waals surface area contributed by atoms with Gasteiger partial charge in [-0.1, -0.05) is 0 Å². The van der Waals surface area contributed by atoms with Crippen LogP contribution >= 0.6 is 0 Å². The molecule has 0 unspecified atom stereocenters. The minimum atomic E-state index is -0.0742. The third-order valence-corrected chi connectivity index (χ3v) is 4.70. The monoisotopic (exact) mass is 382 g/mol. The minimum absolute atomic E-state index is 0.0742. The van der Waals surface area contributed by atoms with E-state index in [0.717, 1.165) is 43.3 Å². The second-order valence-electron chi connectivity index (χ2n) is 7.43. The van der Waals surface area contributed by atoms with Gasteiger partial charge in [0, 0.05) is 43.2 Å². The van der Waals surface area contributed by atoms with E-state index in [-0.39, 0.29) is 18.6 Å². The predicted molar refractivity (Wildman–Crippen MR) is 115 cm³/mol. The number of likely N-dealkylation sites (N-methyl/N-ethyl adjacent to an activating group) is 1. The van der Waals surface area contributed by atoms with Crippen LogP contribution in [0.1, 0.15) is 13.8 Å². The Morgan fingerprint density at radius 1 is 0.964 bits per heavy atom. The molecule has 1 fully saturated rings. The summed E-state index contributed by atoms with van der Waals surface area (Å²) in [5.74, 6) is 0.750. The lowest BCUT2D eigenvalue weighted by Crippen LogP contribution is -2.44. The van der Waals surface area contributed by atoms with E-state index in [1.54, 1.807) is 0 Å². The number of hydrogen-bond donors (Lipinski definition) is 2. The molecule has 6 nitrogen and oxygen atoms in total. The fraction of sp³-hybridized carbons (Fsp3) is 0.409. The summed E-state index contributed by atoms with van der Waals surface area (Å²) in [4.78, 5) is 16.9. The van der Waals surface area contributed by atoms with Gasteiger partial charge in [-0.3, -0.25) is 4.79 Å². The van der Waals surface area contributed by atoms with Crippen molar-refractivity contribution in [1.82, 2.24) is 4.90 Å². The molecular weight excluding hydrogens is 352 g/mol. The molecule has 1 aliphatic rings. The fourth-order valence-corrected chi connectivity index (χ4v) is 3.13. The zero-order valence-corrected chi connectivity index (χ0v) is 16.9. The van der Waals surface area contributed by atoms with Crippen molar-refractivity contribution >= 4 is 23.0 Å². The van der Waals surface area contributed by atoms with Crippen LogP contribution in [0.4, 0.5) is 17.1 Å². The maximum absolute atomic E-state index is 12.2. The van der Waals surface area contributed by atoms with Gasteiger partial charge in [0.25, 0.3) is 0 Å². The first-order valence-electron chi connectivity index (χ1n) is 9.83. The van der Waals surface area contributed by atoms with Crippen LogP contribution in [0.5, 0.6) is 5.75 Å². The summed E-state index contributed by atoms with van der Waals surface area (Å²) < 4.78 is 5.62. The molecule has 0 bridgehead atoms. The minimum Gasteiger partial charge on any atom is -0.491 e. The van der Waals surface area contributed by atoms with Crippen molar-refractivity contribution in [3.05, 3.63) is 48.5 Å². The van der Waals surface area contributed by atoms with Crippen molar-refractivity contribution in [1.29, 1.82) is 0 Å². The van der Waals surface area contributed by atoms with Crippen molar-refractivity contribution in [2.45, 2.75) is 20.0 Å². The second-order valence-corrected chi connectivity index (χ2v) is 7.43. The molecule has 1 heterocycles. The van der Waals surface area contributed by atoms with Crippen molar-refractivity contribution in [2.75, 3.05) is 55.3 Å². The lowest BCUT2D eigenvalue weighted by Gasteiger charge is -2.34. The number of nitrogens with zero attached hydrogens (tertiary/aromatic N) is 2. The summed E-state index contributed by atoms with van der Waals surface area (Å²) in [6, 6.07) is 15.7. The molecule has 0 aliphatic carbocycles. The largest absolute Gasteiger partial charge is 0.491 e. The molecular formula is C22H30N4O2. The molecule has 0 saturated carbocycles. The fourth-order valence-electron chi connectivity index (χ4n) is 3.13. The van der Waals surface area contributed by atoms with Gasteiger partial charge in [-0.25, -0.2) is 0 Å². The van der Waals surface area contributed by atoms with E-state index >= 15 is 0 Å². The van der Waals surface area contributed by atoms with Gasteiger partial charge in [0.1, 0.15) is 5.75 Å². The number of carbonyl (C=O) groups excluding carboxylic acids is 1. The van der Waals surface area contributed by atoms with Gasteiger partial charge in [-0.15, -0.1) is 0 Å². The third-order valence-electron chi connectivity index (χ3n) is 4.70. The highest BCUT2D eigenvalue weighted by Crippen LogP contribution is 2.20. The van der Waals surface area contributed by atoms with Crippen LogP contribution in [0.2, 0.25) is 0 Å². The Morgan fingerprint density at radius 3 is 2.18 bits per heavy atom. The number of carbonyl (C=O) groups is 1. The number of anilines is 3. The molecule has 2 N–H and O–H groups in total. The van der Waals surface area contributed by atoms with E-state index in [1.807, 2.05) is 50.2 Å². The van der Waals surface area contributed by atoms with Crippen LogP contribution in [0.15, 0.2) is 48.5 Å². The second kappa shape index (κ2) is 9.46. The van der Waals surface area contributed by atoms with Crippen LogP contribution in [0.25, 0.3) is 0 Å². The van der Waals surface area contributed by atoms with Gasteiger partial charge < -0.3 is 25.2 Å². The van der Waals surface area contributed by atoms with Crippen LogP contribution < -0.4 is 20.3 Å². The van der Waals surface area contributed by atoms with Crippen molar-refractivity contribution < 1.29 is 9.53 Å². The van der Waals surface area contributed by atoms with E-state index in [0.29, 0.717) is 0 Å². The molecule has 3 rings (SSSR count). The smallest absolute Gasteiger partial charge is 0.243 e. The van der Waals surface area contributed by atoms with Gasteiger partial charge in [0.15, 0.2) is 0 Å². The Bertz CT molecular complexity index is 751. The zero-order chi connectivity index (χ0) is 19.9. The molecule has 150 valence electrons. The van der Waals surface area contributed by atoms with E-state index in [1.165, 1.54) is 5.69 Å². The molecule has 1 aliphatic heterocycles. The molecule has 1 amide bonds. The van der Waals surface area contributed by atoms with Gasteiger partial charge in [-0.05, 0) is 69.4 Å². The van der Waals surface area contributed by atoms with E-state index in [9.17, 15) is 4.79 Å². The van der Waals surface area contributed by atoms with Gasteiger partial charge in [-0.2, -0.15) is 0 Å². The summed E-state index contributed by atoms with van der Waals surface area (Å²) in [5, 5.41) is 6.07. The molecule has 1 saturated heterocycles. The Balaban J connectivity index is 1.45. The number of ether oxygens (including phenoxy) is 1. The average Bonchev–Trinajstić information content (AvgIpc) is 2.68. The maximum Gasteiger partial charge on any atom is 0.243 e. The number of rotatable bonds is 7. The molecule has 2 aromatic rings. The Labute approximate surface area is 167 Å². The average molecular weight is 383 g/mol. The number of benzene rings is 2. The van der Waals surface area contributed by atoms with Crippen molar-refractivity contribution in [3.63, 3.8) is 0 Å². The maximum atomic E-state index is 12.2. The summed E-state index contributed by atoms with van der Waals surface area (Å²) in [5.41, 5.74) is 2.90. The topological polar surface area (TPSA) is 56.8 Å². The Hall–Kier alpha value is -2.73. The lowest BCUT2D eigenvalue weighted by atomic mass is 10.2. The van der Waals surface area contributed by atoms with Crippen LogP contribution in [-0.4, -0.2) is 56.7 Å². The molecule has 28 heavy (non-hydrogen) atoms. The third kappa shape index (κ3) is 5.89. The lowest BCUT2D eigenvalue weighted by molar-refractivity contribution is -0.114. The summed E-state index contributed by atoms with van der Waals surface area (Å²) >= 11 is 0. The molecule has 0 spiro atoms. The molecule has 2 aromatic carbocycles. The first-order chi connectivity index (χ1) is 13.5. The van der Waals surface area contributed by atoms with Crippen molar-refractivity contribution in [2.24, 2.45) is 0 Å². The van der Waals surface area contributed by atoms with E-state index in [4.69, 9.17) is 4.74 Å². The number of nitrogens with one attached hydrogen (secondary N) is 2. The number of piperazine rings is 1. The first-order valence-corrected chi connectivity index (χ1v) is 9.83. The number of hydrogen-bond acceptors (Lipinski definition) is 5. The summed E-state index contributed by atoms with van der Waals surface area (Å²) in [6.07, 6.45) is 0.146. The Morgan fingerprint density at radius 2 is 1.57 bits per heavy atom. The van der Waals surface area contributed by atoms with Crippen LogP contribution in [0, 0.1) is 0 Å². The first kappa shape index (κ1) is 20.0. The standard InChI is InChI=1S/C22H30N4O2/c1-17(2)28-21-10-6-18(7-11-21)23-16-22(27)24-19-4-8-20(9-5-19)26-14-12-25(3)13-15-26/h4-11,17,23H,12-16H2,1-3H3,(H,24,27). The van der Waals surface area contributed by atoms with Gasteiger partial charge in [0.2, 0.25) is 5.91 Å². The highest BCUT2D eigenvalue weighted by molar-refractivity contribution is 5.93.